The van der Waals surface area contributed by atoms with E-state index in [2.05, 4.69) is 5.32 Å². The van der Waals surface area contributed by atoms with Gasteiger partial charge in [0.05, 0.1) is 12.6 Å². The summed E-state index contributed by atoms with van der Waals surface area (Å²) in [6, 6.07) is -1.07. The van der Waals surface area contributed by atoms with Gasteiger partial charge in [0.25, 0.3) is 0 Å². The van der Waals surface area contributed by atoms with E-state index in [9.17, 15) is 14.8 Å². The number of hydroxylamine groups is 1. The minimum Gasteiger partial charge on any atom is -0.787 e. The van der Waals surface area contributed by atoms with Crippen LogP contribution in [0.15, 0.2) is 0 Å². The second-order valence-corrected chi connectivity index (χ2v) is 3.57. The van der Waals surface area contributed by atoms with Gasteiger partial charge in [-0.1, -0.05) is 6.92 Å². The van der Waals surface area contributed by atoms with Crippen molar-refractivity contribution in [1.29, 1.82) is 0 Å². The molecule has 1 atom stereocenters. The molecule has 100 valence electrons. The van der Waals surface area contributed by atoms with Crippen molar-refractivity contribution >= 4 is 12.1 Å². The third kappa shape index (κ3) is 11.4. The average molecular weight is 286 g/mol. The Hall–Kier alpha value is 0.296. The van der Waals surface area contributed by atoms with Crippen LogP contribution in [0.1, 0.15) is 32.6 Å². The van der Waals surface area contributed by atoms with Crippen molar-refractivity contribution in [1.82, 2.24) is 10.8 Å². The van der Waals surface area contributed by atoms with E-state index < -0.39 is 18.1 Å². The molecule has 0 aromatic heterocycles. The number of nitrogens with one attached hydrogen (secondary N) is 2. The van der Waals surface area contributed by atoms with Crippen molar-refractivity contribution in [3.63, 3.8) is 0 Å². The Balaban J connectivity index is 0. The van der Waals surface area contributed by atoms with Crippen LogP contribution >= 0.6 is 0 Å². The molecule has 1 unspecified atom stereocenters. The zero-order valence-corrected chi connectivity index (χ0v) is 14.0. The number of unbranched alkanes of at least 4 members (excludes halogenated alkanes) is 1. The molecule has 0 saturated heterocycles. The van der Waals surface area contributed by atoms with Gasteiger partial charge in [0, 0.05) is 6.54 Å². The summed E-state index contributed by atoms with van der Waals surface area (Å²) in [6.45, 7) is 2.69. The van der Waals surface area contributed by atoms with Crippen molar-refractivity contribution in [2.75, 3.05) is 13.2 Å². The largest absolute Gasteiger partial charge is 1.00 e. The molecule has 0 heterocycles. The third-order valence-electron chi connectivity index (χ3n) is 2.07. The van der Waals surface area contributed by atoms with E-state index in [1.807, 2.05) is 6.92 Å². The van der Waals surface area contributed by atoms with Crippen molar-refractivity contribution in [3.05, 3.63) is 5.21 Å². The van der Waals surface area contributed by atoms with Crippen molar-refractivity contribution in [2.24, 2.45) is 0 Å². The van der Waals surface area contributed by atoms with Crippen LogP contribution in [0.2, 0.25) is 0 Å². The number of carboxylic acid groups (broad SMARTS) is 1. The maximum Gasteiger partial charge on any atom is 1.00 e. The molecule has 0 aromatic rings. The normalized spacial score (nSPS) is 11.2. The summed E-state index contributed by atoms with van der Waals surface area (Å²) in [5.74, 6) is -1.16. The monoisotopic (exact) mass is 286 g/mol. The number of amides is 1. The van der Waals surface area contributed by atoms with Crippen molar-refractivity contribution in [2.45, 2.75) is 38.6 Å². The second kappa shape index (κ2) is 13.7. The van der Waals surface area contributed by atoms with Gasteiger partial charge in [-0.25, -0.2) is 4.79 Å². The molecule has 0 radical (unpaired) electrons. The Morgan fingerprint density at radius 3 is 2.56 bits per heavy atom. The number of carboxylic acids is 1. The minimum absolute atomic E-state index is 0. The van der Waals surface area contributed by atoms with Crippen LogP contribution < -0.4 is 62.2 Å². The van der Waals surface area contributed by atoms with Crippen LogP contribution in [0.3, 0.4) is 0 Å². The molecular weight excluding hydrogens is 267 g/mol. The number of hydrogen-bond acceptors (Lipinski definition) is 5. The maximum atomic E-state index is 11.0. The average Bonchev–Trinajstić information content (AvgIpc) is 2.30. The van der Waals surface area contributed by atoms with Gasteiger partial charge in [0.15, 0.2) is 0 Å². The molecule has 0 aromatic carbocycles. The summed E-state index contributed by atoms with van der Waals surface area (Å²) in [6.07, 6.45) is 1.68. The van der Waals surface area contributed by atoms with E-state index >= 15 is 0 Å². The predicted octanol–water partition coefficient (Wildman–Crippen LogP) is -2.16. The molecule has 1 amide bonds. The van der Waals surface area contributed by atoms with E-state index in [0.717, 1.165) is 6.42 Å². The van der Waals surface area contributed by atoms with Crippen LogP contribution in [0, 0.1) is 5.21 Å². The molecule has 8 heteroatoms. The van der Waals surface area contributed by atoms with Crippen LogP contribution in [0.4, 0.5) is 4.79 Å². The zero-order chi connectivity index (χ0) is 13.1. The Labute approximate surface area is 149 Å². The number of alkyl carbamates (subject to hydrolysis) is 1. The van der Waals surface area contributed by atoms with Crippen LogP contribution in [0.25, 0.3) is 0 Å². The van der Waals surface area contributed by atoms with Gasteiger partial charge >= 0.3 is 63.4 Å². The number of carbonyl (C=O) groups is 2. The summed E-state index contributed by atoms with van der Waals surface area (Å²) in [4.78, 5) is 21.4. The molecular formula is C10H19KN2O5. The molecule has 0 aliphatic rings. The number of ether oxygens (including phenoxy) is 1. The van der Waals surface area contributed by atoms with E-state index in [1.54, 1.807) is 0 Å². The molecule has 0 aliphatic heterocycles. The fraction of sp³-hybridized carbons (Fsp3) is 0.800. The first-order valence-electron chi connectivity index (χ1n) is 5.63. The second-order valence-electron chi connectivity index (χ2n) is 3.57. The number of rotatable bonds is 9. The fourth-order valence-corrected chi connectivity index (χ4v) is 1.14. The van der Waals surface area contributed by atoms with Gasteiger partial charge in [-0.3, -0.25) is 4.79 Å². The Morgan fingerprint density at radius 2 is 2.06 bits per heavy atom. The first-order chi connectivity index (χ1) is 8.11. The van der Waals surface area contributed by atoms with Gasteiger partial charge < -0.3 is 25.8 Å². The number of hydrogen-bond donors (Lipinski definition) is 3. The first-order valence-corrected chi connectivity index (χ1v) is 5.63. The predicted molar refractivity (Wildman–Crippen MR) is 61.4 cm³/mol. The summed E-state index contributed by atoms with van der Waals surface area (Å²) in [5, 5.41) is 21.3. The summed E-state index contributed by atoms with van der Waals surface area (Å²) >= 11 is 0. The molecule has 3 N–H and O–H groups in total. The first kappa shape index (κ1) is 20.6. The standard InChI is InChI=1S/C10H19N2O5.K/c1-2-7-17-10(15)11-6-4-3-5-8(12-16)9(13)14;/h8,12H,2-7H2,1H3,(H,11,15)(H,13,14);/q-1;+1. The summed E-state index contributed by atoms with van der Waals surface area (Å²) in [7, 11) is 0. The van der Waals surface area contributed by atoms with Gasteiger partial charge in [-0.2, -0.15) is 0 Å². The fourth-order valence-electron chi connectivity index (χ4n) is 1.14. The van der Waals surface area contributed by atoms with Gasteiger partial charge in [0.1, 0.15) is 0 Å². The molecule has 0 saturated carbocycles. The topological polar surface area (TPSA) is 111 Å². The Bertz CT molecular complexity index is 240. The van der Waals surface area contributed by atoms with E-state index in [0.29, 0.717) is 26.0 Å². The zero-order valence-electron chi connectivity index (χ0n) is 10.9. The maximum absolute atomic E-state index is 11.0. The Kier molecular flexibility index (Phi) is 15.7. The van der Waals surface area contributed by atoms with Gasteiger partial charge in [-0.15, -0.1) is 0 Å². The molecule has 0 fully saturated rings. The van der Waals surface area contributed by atoms with Crippen LogP contribution in [0.5, 0.6) is 0 Å². The molecule has 18 heavy (non-hydrogen) atoms. The molecule has 0 rings (SSSR count). The van der Waals surface area contributed by atoms with E-state index in [4.69, 9.17) is 9.84 Å². The van der Waals surface area contributed by atoms with Gasteiger partial charge in [0.2, 0.25) is 0 Å². The van der Waals surface area contributed by atoms with E-state index in [1.165, 1.54) is 5.48 Å². The summed E-state index contributed by atoms with van der Waals surface area (Å²) < 4.78 is 4.77. The minimum atomic E-state index is -1.16. The molecule has 0 bridgehead atoms. The molecule has 0 spiro atoms. The quantitative estimate of drug-likeness (QED) is 0.253. The number of aliphatic carboxylic acids is 1. The van der Waals surface area contributed by atoms with Gasteiger partial charge in [-0.05, 0) is 25.7 Å². The molecule has 7 nitrogen and oxygen atoms in total. The van der Waals surface area contributed by atoms with Crippen LogP contribution in [-0.4, -0.2) is 36.4 Å². The van der Waals surface area contributed by atoms with Crippen LogP contribution in [-0.2, 0) is 9.53 Å². The smallest absolute Gasteiger partial charge is 0.787 e. The Morgan fingerprint density at radius 1 is 1.39 bits per heavy atom. The summed E-state index contributed by atoms with van der Waals surface area (Å²) in [5.41, 5.74) is 1.47. The SMILES string of the molecule is CCCOC(=O)NCCCCC(N[O-])C(=O)O.[K+]. The number of carbonyl (C=O) groups excluding carboxylic acids is 1. The van der Waals surface area contributed by atoms with Crippen molar-refractivity contribution in [3.8, 4) is 0 Å². The van der Waals surface area contributed by atoms with Crippen molar-refractivity contribution < 1.29 is 70.8 Å². The van der Waals surface area contributed by atoms with E-state index in [-0.39, 0.29) is 57.8 Å². The third-order valence-corrected chi connectivity index (χ3v) is 2.07. The molecule has 0 aliphatic carbocycles.